The fourth-order valence-corrected chi connectivity index (χ4v) is 5.48. The Hall–Kier alpha value is -3.35. The van der Waals surface area contributed by atoms with E-state index in [2.05, 4.69) is 40.8 Å². The highest BCUT2D eigenvalue weighted by Gasteiger charge is 2.37. The monoisotopic (exact) mass is 459 g/mol. The van der Waals surface area contributed by atoms with Crippen molar-refractivity contribution in [2.45, 2.75) is 64.1 Å². The van der Waals surface area contributed by atoms with Gasteiger partial charge in [0.25, 0.3) is 5.91 Å². The number of urea groups is 1. The van der Waals surface area contributed by atoms with E-state index >= 15 is 0 Å². The topological polar surface area (TPSA) is 77.0 Å². The van der Waals surface area contributed by atoms with Crippen molar-refractivity contribution in [2.75, 3.05) is 23.8 Å². The van der Waals surface area contributed by atoms with Crippen molar-refractivity contribution in [3.8, 4) is 0 Å². The van der Waals surface area contributed by atoms with Gasteiger partial charge in [-0.25, -0.2) is 9.79 Å². The summed E-state index contributed by atoms with van der Waals surface area (Å²) < 4.78 is 0. The molecule has 0 spiro atoms. The molecule has 178 valence electrons. The van der Waals surface area contributed by atoms with Gasteiger partial charge in [-0.05, 0) is 61.9 Å². The molecule has 2 N–H and O–H groups in total. The van der Waals surface area contributed by atoms with Gasteiger partial charge < -0.3 is 20.4 Å². The number of hydrogen-bond acceptors (Lipinski definition) is 4. The Morgan fingerprint density at radius 1 is 1.09 bits per heavy atom. The van der Waals surface area contributed by atoms with Crippen LogP contribution in [-0.2, 0) is 11.2 Å². The first-order chi connectivity index (χ1) is 16.5. The van der Waals surface area contributed by atoms with Crippen LogP contribution in [0, 0.1) is 6.92 Å². The first-order valence-corrected chi connectivity index (χ1v) is 12.4. The molecular formula is C27H33N5O2. The van der Waals surface area contributed by atoms with E-state index in [0.29, 0.717) is 18.3 Å². The summed E-state index contributed by atoms with van der Waals surface area (Å²) in [6.07, 6.45) is 6.79. The zero-order chi connectivity index (χ0) is 23.7. The summed E-state index contributed by atoms with van der Waals surface area (Å²) in [5.74, 6) is 0.613. The molecule has 3 aliphatic rings. The van der Waals surface area contributed by atoms with Gasteiger partial charge in [-0.15, -0.1) is 0 Å². The van der Waals surface area contributed by atoms with E-state index in [1.54, 1.807) is 0 Å². The van der Waals surface area contributed by atoms with Gasteiger partial charge in [0.1, 0.15) is 5.84 Å². The number of para-hydroxylation sites is 1. The van der Waals surface area contributed by atoms with E-state index in [-0.39, 0.29) is 5.91 Å². The summed E-state index contributed by atoms with van der Waals surface area (Å²) in [6, 6.07) is 13.8. The van der Waals surface area contributed by atoms with Crippen molar-refractivity contribution >= 4 is 29.1 Å². The summed E-state index contributed by atoms with van der Waals surface area (Å²) in [5.41, 5.74) is 4.86. The summed E-state index contributed by atoms with van der Waals surface area (Å²) in [5, 5.41) is 5.71. The molecule has 5 rings (SSSR count). The molecule has 1 atom stereocenters. The second-order valence-corrected chi connectivity index (χ2v) is 9.63. The first-order valence-electron chi connectivity index (χ1n) is 12.4. The molecule has 0 radical (unpaired) electrons. The lowest BCUT2D eigenvalue weighted by Gasteiger charge is -2.35. The summed E-state index contributed by atoms with van der Waals surface area (Å²) >= 11 is 0. The van der Waals surface area contributed by atoms with E-state index in [1.165, 1.54) is 24.8 Å². The minimum absolute atomic E-state index is 0.181. The van der Waals surface area contributed by atoms with Crippen LogP contribution in [0.3, 0.4) is 0 Å². The predicted molar refractivity (Wildman–Crippen MR) is 135 cm³/mol. The van der Waals surface area contributed by atoms with Gasteiger partial charge in [0, 0.05) is 30.9 Å². The molecular weight excluding hydrogens is 426 g/mol. The summed E-state index contributed by atoms with van der Waals surface area (Å²) in [7, 11) is 2.08. The minimum atomic E-state index is -0.982. The molecule has 2 aromatic rings. The molecule has 1 aliphatic carbocycles. The second-order valence-electron chi connectivity index (χ2n) is 9.63. The van der Waals surface area contributed by atoms with Crippen LogP contribution in [0.2, 0.25) is 0 Å². The molecule has 2 heterocycles. The number of benzene rings is 2. The van der Waals surface area contributed by atoms with Crippen molar-refractivity contribution < 1.29 is 9.59 Å². The number of carbonyl (C=O) groups is 2. The van der Waals surface area contributed by atoms with Gasteiger partial charge in [-0.2, -0.15) is 0 Å². The van der Waals surface area contributed by atoms with Gasteiger partial charge >= 0.3 is 6.03 Å². The Bertz CT molecular complexity index is 1120. The van der Waals surface area contributed by atoms with Gasteiger partial charge in [0.2, 0.25) is 6.17 Å². The van der Waals surface area contributed by atoms with E-state index in [0.717, 1.165) is 48.3 Å². The quantitative estimate of drug-likeness (QED) is 0.712. The smallest absolute Gasteiger partial charge is 0.321 e. The number of rotatable bonds is 3. The molecule has 7 heteroatoms. The van der Waals surface area contributed by atoms with E-state index in [9.17, 15) is 9.59 Å². The number of hydrogen-bond donors (Lipinski definition) is 2. The lowest BCUT2D eigenvalue weighted by Crippen LogP contribution is -2.50. The van der Waals surface area contributed by atoms with Crippen molar-refractivity contribution in [1.29, 1.82) is 0 Å². The number of nitrogens with zero attached hydrogens (tertiary/aromatic N) is 3. The fourth-order valence-electron chi connectivity index (χ4n) is 5.48. The molecule has 0 aromatic heterocycles. The zero-order valence-corrected chi connectivity index (χ0v) is 20.0. The van der Waals surface area contributed by atoms with Gasteiger partial charge in [-0.3, -0.25) is 4.79 Å². The number of anilines is 2. The lowest BCUT2D eigenvalue weighted by atomic mass is 9.93. The van der Waals surface area contributed by atoms with Crippen LogP contribution in [0.5, 0.6) is 0 Å². The van der Waals surface area contributed by atoms with E-state index in [1.807, 2.05) is 36.1 Å². The Morgan fingerprint density at radius 3 is 2.68 bits per heavy atom. The maximum Gasteiger partial charge on any atom is 0.321 e. The molecule has 0 bridgehead atoms. The SMILES string of the molecule is Cc1cccc(NC(=O)NC2N=C(N(C)C3CCCCC3)c3cccc4c3N(CCC4)C2=O)c1. The minimum Gasteiger partial charge on any atom is -0.356 e. The molecule has 2 aliphatic heterocycles. The Kier molecular flexibility index (Phi) is 6.26. The van der Waals surface area contributed by atoms with Gasteiger partial charge in [0.15, 0.2) is 0 Å². The Labute approximate surface area is 201 Å². The Balaban J connectivity index is 1.49. The third kappa shape index (κ3) is 4.39. The van der Waals surface area contributed by atoms with Crippen LogP contribution in [0.15, 0.2) is 47.5 Å². The average molecular weight is 460 g/mol. The van der Waals surface area contributed by atoms with Crippen molar-refractivity contribution in [1.82, 2.24) is 10.2 Å². The largest absolute Gasteiger partial charge is 0.356 e. The molecule has 1 unspecified atom stereocenters. The maximum atomic E-state index is 13.7. The van der Waals surface area contributed by atoms with Crippen molar-refractivity contribution in [3.05, 3.63) is 59.2 Å². The van der Waals surface area contributed by atoms with Gasteiger partial charge in [0.05, 0.1) is 5.69 Å². The van der Waals surface area contributed by atoms with Crippen molar-refractivity contribution in [3.63, 3.8) is 0 Å². The average Bonchev–Trinajstić information content (AvgIpc) is 2.96. The summed E-state index contributed by atoms with van der Waals surface area (Å²) in [6.45, 7) is 2.61. The highest BCUT2D eigenvalue weighted by Crippen LogP contribution is 2.35. The first kappa shape index (κ1) is 22.4. The standard InChI is InChI=1S/C27H33N5O2/c1-18-9-6-12-20(17-18)28-27(34)30-24-26(33)32-16-8-11-19-10-7-15-22(23(19)32)25(29-24)31(2)21-13-4-3-5-14-21/h6-7,9-10,12,15,17,21,24H,3-5,8,11,13-14,16H2,1-2H3,(H2,28,30,34). The third-order valence-electron chi connectivity index (χ3n) is 7.21. The highest BCUT2D eigenvalue weighted by molar-refractivity contribution is 6.13. The molecule has 34 heavy (non-hydrogen) atoms. The highest BCUT2D eigenvalue weighted by atomic mass is 16.2. The number of carbonyl (C=O) groups excluding carboxylic acids is 2. The number of amidine groups is 1. The molecule has 2 aromatic carbocycles. The zero-order valence-electron chi connectivity index (χ0n) is 20.0. The second kappa shape index (κ2) is 9.49. The van der Waals surface area contributed by atoms with Crippen LogP contribution in [0.25, 0.3) is 0 Å². The number of aliphatic imine (C=N–C) groups is 1. The molecule has 0 saturated heterocycles. The van der Waals surface area contributed by atoms with Gasteiger partial charge in [-0.1, -0.05) is 43.5 Å². The predicted octanol–water partition coefficient (Wildman–Crippen LogP) is 4.45. The Morgan fingerprint density at radius 2 is 1.88 bits per heavy atom. The molecule has 1 saturated carbocycles. The van der Waals surface area contributed by atoms with Crippen LogP contribution >= 0.6 is 0 Å². The van der Waals surface area contributed by atoms with E-state index in [4.69, 9.17) is 4.99 Å². The molecule has 1 fully saturated rings. The molecule has 3 amide bonds. The molecule has 7 nitrogen and oxygen atoms in total. The third-order valence-corrected chi connectivity index (χ3v) is 7.21. The van der Waals surface area contributed by atoms with Crippen LogP contribution < -0.4 is 15.5 Å². The lowest BCUT2D eigenvalue weighted by molar-refractivity contribution is -0.120. The number of aryl methyl sites for hydroxylation is 2. The summed E-state index contributed by atoms with van der Waals surface area (Å²) in [4.78, 5) is 35.6. The maximum absolute atomic E-state index is 13.7. The van der Waals surface area contributed by atoms with Crippen LogP contribution in [0.1, 0.15) is 55.2 Å². The number of amides is 3. The number of nitrogens with one attached hydrogen (secondary N) is 2. The van der Waals surface area contributed by atoms with Crippen LogP contribution in [-0.4, -0.2) is 48.5 Å². The van der Waals surface area contributed by atoms with Crippen molar-refractivity contribution in [2.24, 2.45) is 4.99 Å². The van der Waals surface area contributed by atoms with Crippen LogP contribution in [0.4, 0.5) is 16.2 Å². The fraction of sp³-hybridized carbons (Fsp3) is 0.444. The van der Waals surface area contributed by atoms with E-state index < -0.39 is 12.2 Å². The normalized spacial score (nSPS) is 20.2.